The van der Waals surface area contributed by atoms with E-state index in [4.69, 9.17) is 9.47 Å². The number of amides is 1. The van der Waals surface area contributed by atoms with Crippen LogP contribution in [0.4, 0.5) is 14.9 Å². The first-order valence-electron chi connectivity index (χ1n) is 8.48. The number of hydrogen-bond acceptors (Lipinski definition) is 5. The van der Waals surface area contributed by atoms with Crippen molar-refractivity contribution in [3.05, 3.63) is 29.7 Å². The third kappa shape index (κ3) is 5.06. The van der Waals surface area contributed by atoms with Crippen molar-refractivity contribution < 1.29 is 28.6 Å². The van der Waals surface area contributed by atoms with Crippen molar-refractivity contribution in [3.63, 3.8) is 0 Å². The molecule has 0 spiro atoms. The first kappa shape index (κ1) is 20.4. The average molecular weight is 378 g/mol. The summed E-state index contributed by atoms with van der Waals surface area (Å²) in [5, 5.41) is 12.2. The number of carboxylic acid groups (broad SMARTS) is 1. The molecule has 2 rings (SSSR count). The van der Waals surface area contributed by atoms with Gasteiger partial charge >= 0.3 is 12.1 Å². The molecule has 7 nitrogen and oxygen atoms in total. The number of hydrogen-bond donors (Lipinski definition) is 2. The summed E-state index contributed by atoms with van der Waals surface area (Å²) >= 11 is 0. The summed E-state index contributed by atoms with van der Waals surface area (Å²) in [5.41, 5.74) is -1.64. The number of rotatable bonds is 5. The summed E-state index contributed by atoms with van der Waals surface area (Å²) in [6.07, 6.45) is -0.864. The van der Waals surface area contributed by atoms with Gasteiger partial charge in [0, 0.05) is 5.39 Å². The Hall–Kier alpha value is -2.90. The van der Waals surface area contributed by atoms with Gasteiger partial charge in [0.1, 0.15) is 22.6 Å². The van der Waals surface area contributed by atoms with E-state index in [1.807, 2.05) is 13.8 Å². The van der Waals surface area contributed by atoms with Crippen LogP contribution in [0.15, 0.2) is 18.2 Å². The van der Waals surface area contributed by atoms with Gasteiger partial charge < -0.3 is 14.6 Å². The van der Waals surface area contributed by atoms with E-state index in [2.05, 4.69) is 10.3 Å². The molecule has 0 saturated carbocycles. The third-order valence-corrected chi connectivity index (χ3v) is 3.31. The first-order chi connectivity index (χ1) is 12.5. The molecule has 8 heteroatoms. The van der Waals surface area contributed by atoms with Gasteiger partial charge in [-0.2, -0.15) is 0 Å². The average Bonchev–Trinajstić information content (AvgIpc) is 2.51. The number of nitrogens with zero attached hydrogens (tertiary/aromatic N) is 1. The Morgan fingerprint density at radius 3 is 2.52 bits per heavy atom. The van der Waals surface area contributed by atoms with Crippen molar-refractivity contribution in [1.29, 1.82) is 0 Å². The van der Waals surface area contributed by atoms with Crippen LogP contribution >= 0.6 is 0 Å². The molecule has 146 valence electrons. The zero-order valence-electron chi connectivity index (χ0n) is 15.9. The largest absolute Gasteiger partial charge is 0.490 e. The number of aromatic carboxylic acids is 1. The van der Waals surface area contributed by atoms with Crippen LogP contribution in [0.2, 0.25) is 0 Å². The highest BCUT2D eigenvalue weighted by atomic mass is 19.1. The minimum Gasteiger partial charge on any atom is -0.490 e. The van der Waals surface area contributed by atoms with Gasteiger partial charge in [0.05, 0.1) is 6.61 Å². The summed E-state index contributed by atoms with van der Waals surface area (Å²) in [6, 6.07) is 4.18. The van der Waals surface area contributed by atoms with Gasteiger partial charge in [-0.1, -0.05) is 19.9 Å². The molecule has 0 aliphatic rings. The van der Waals surface area contributed by atoms with Gasteiger partial charge in [0.2, 0.25) is 0 Å². The van der Waals surface area contributed by atoms with E-state index in [-0.39, 0.29) is 34.9 Å². The van der Waals surface area contributed by atoms with E-state index in [1.165, 1.54) is 12.1 Å². The number of nitrogens with one attached hydrogen (secondary N) is 1. The predicted octanol–water partition coefficient (Wildman–Crippen LogP) is 4.45. The Morgan fingerprint density at radius 1 is 1.30 bits per heavy atom. The molecular weight excluding hydrogens is 355 g/mol. The summed E-state index contributed by atoms with van der Waals surface area (Å²) in [4.78, 5) is 27.8. The molecule has 1 amide bonds. The Kier molecular flexibility index (Phi) is 5.88. The molecule has 1 heterocycles. The van der Waals surface area contributed by atoms with E-state index in [0.717, 1.165) is 0 Å². The van der Waals surface area contributed by atoms with E-state index in [0.29, 0.717) is 0 Å². The van der Waals surface area contributed by atoms with Crippen LogP contribution in [-0.2, 0) is 4.74 Å². The second-order valence-corrected chi connectivity index (χ2v) is 7.44. The SMILES string of the molecule is CC(C)COc1c(NC(=O)OC(C)(C)C)c(C(=O)O)nc2c(F)cccc12. The van der Waals surface area contributed by atoms with Crippen LogP contribution < -0.4 is 10.1 Å². The molecular formula is C19H23FN2O5. The summed E-state index contributed by atoms with van der Waals surface area (Å²) in [7, 11) is 0. The zero-order valence-corrected chi connectivity index (χ0v) is 15.9. The van der Waals surface area contributed by atoms with Gasteiger partial charge in [-0.3, -0.25) is 5.32 Å². The number of anilines is 1. The molecule has 0 bridgehead atoms. The maximum absolute atomic E-state index is 14.2. The minimum absolute atomic E-state index is 0.0384. The molecule has 0 aliphatic heterocycles. The molecule has 2 aromatic rings. The second kappa shape index (κ2) is 7.77. The molecule has 1 aromatic heterocycles. The van der Waals surface area contributed by atoms with Crippen molar-refractivity contribution >= 4 is 28.7 Å². The number of ether oxygens (including phenoxy) is 2. The van der Waals surface area contributed by atoms with Gasteiger partial charge in [-0.25, -0.2) is 19.0 Å². The number of aromatic nitrogens is 1. The van der Waals surface area contributed by atoms with Crippen LogP contribution in [0.5, 0.6) is 5.75 Å². The van der Waals surface area contributed by atoms with Crippen LogP contribution in [0.25, 0.3) is 10.9 Å². The number of fused-ring (bicyclic) bond motifs is 1. The summed E-state index contributed by atoms with van der Waals surface area (Å²) in [5.74, 6) is -1.96. The minimum atomic E-state index is -1.43. The number of carbonyl (C=O) groups excluding carboxylic acids is 1. The van der Waals surface area contributed by atoms with Crippen LogP contribution in [0.1, 0.15) is 45.1 Å². The number of benzene rings is 1. The maximum atomic E-state index is 14.2. The van der Waals surface area contributed by atoms with Crippen LogP contribution in [0.3, 0.4) is 0 Å². The van der Waals surface area contributed by atoms with Crippen LogP contribution in [0, 0.1) is 11.7 Å². The standard InChI is InChI=1S/C19H23FN2O5/c1-10(2)9-26-16-11-7-6-8-12(20)13(11)21-15(17(23)24)14(16)22-18(25)27-19(3,4)5/h6-8,10H,9H2,1-5H3,(H,22,25)(H,23,24). The molecule has 0 atom stereocenters. The molecule has 0 saturated heterocycles. The highest BCUT2D eigenvalue weighted by Gasteiger charge is 2.26. The highest BCUT2D eigenvalue weighted by Crippen LogP contribution is 2.37. The molecule has 2 N–H and O–H groups in total. The van der Waals surface area contributed by atoms with Crippen molar-refractivity contribution in [1.82, 2.24) is 4.98 Å². The second-order valence-electron chi connectivity index (χ2n) is 7.44. The van der Waals surface area contributed by atoms with E-state index >= 15 is 0 Å². The number of halogens is 1. The van der Waals surface area contributed by atoms with Gasteiger partial charge in [0.25, 0.3) is 0 Å². The Morgan fingerprint density at radius 2 is 1.96 bits per heavy atom. The zero-order chi connectivity index (χ0) is 20.4. The highest BCUT2D eigenvalue weighted by molar-refractivity contribution is 6.05. The molecule has 0 unspecified atom stereocenters. The van der Waals surface area contributed by atoms with Gasteiger partial charge in [-0.15, -0.1) is 0 Å². The van der Waals surface area contributed by atoms with Gasteiger partial charge in [-0.05, 0) is 38.8 Å². The van der Waals surface area contributed by atoms with Crippen molar-refractivity contribution in [2.75, 3.05) is 11.9 Å². The number of para-hydroxylation sites is 1. The predicted molar refractivity (Wildman–Crippen MR) is 98.9 cm³/mol. The van der Waals surface area contributed by atoms with Crippen molar-refractivity contribution in [3.8, 4) is 5.75 Å². The van der Waals surface area contributed by atoms with E-state index in [9.17, 15) is 19.1 Å². The monoisotopic (exact) mass is 378 g/mol. The Bertz CT molecular complexity index is 875. The fourth-order valence-corrected chi connectivity index (χ4v) is 2.30. The normalized spacial score (nSPS) is 11.5. The molecule has 0 fully saturated rings. The number of pyridine rings is 1. The topological polar surface area (TPSA) is 97.8 Å². The lowest BCUT2D eigenvalue weighted by Crippen LogP contribution is -2.28. The number of carbonyl (C=O) groups is 2. The lowest BCUT2D eigenvalue weighted by Gasteiger charge is -2.22. The molecule has 27 heavy (non-hydrogen) atoms. The van der Waals surface area contributed by atoms with E-state index < -0.39 is 29.2 Å². The lowest BCUT2D eigenvalue weighted by atomic mass is 10.1. The van der Waals surface area contributed by atoms with Crippen LogP contribution in [-0.4, -0.2) is 34.4 Å². The number of carboxylic acids is 1. The smallest absolute Gasteiger partial charge is 0.412 e. The molecule has 0 radical (unpaired) electrons. The Balaban J connectivity index is 2.66. The quantitative estimate of drug-likeness (QED) is 0.797. The van der Waals surface area contributed by atoms with Crippen molar-refractivity contribution in [2.24, 2.45) is 5.92 Å². The third-order valence-electron chi connectivity index (χ3n) is 3.31. The fourth-order valence-electron chi connectivity index (χ4n) is 2.30. The van der Waals surface area contributed by atoms with Gasteiger partial charge in [0.15, 0.2) is 11.4 Å². The molecule has 0 aliphatic carbocycles. The Labute approximate surface area is 156 Å². The lowest BCUT2D eigenvalue weighted by molar-refractivity contribution is 0.0635. The van der Waals surface area contributed by atoms with Crippen molar-refractivity contribution in [2.45, 2.75) is 40.2 Å². The maximum Gasteiger partial charge on any atom is 0.412 e. The van der Waals surface area contributed by atoms with E-state index in [1.54, 1.807) is 26.8 Å². The molecule has 1 aromatic carbocycles. The first-order valence-corrected chi connectivity index (χ1v) is 8.48. The summed E-state index contributed by atoms with van der Waals surface area (Å²) < 4.78 is 25.1. The summed E-state index contributed by atoms with van der Waals surface area (Å²) in [6.45, 7) is 9.07. The fraction of sp³-hybridized carbons (Fsp3) is 0.421.